The number of amides is 1. The Labute approximate surface area is 86.1 Å². The monoisotopic (exact) mass is 212 g/mol. The van der Waals surface area contributed by atoms with Crippen LogP contribution in [0.1, 0.15) is 6.42 Å². The number of aromatic nitrogens is 1. The molecular formula is C9H9ClN2O2. The third-order valence-corrected chi connectivity index (χ3v) is 2.44. The van der Waals surface area contributed by atoms with Gasteiger partial charge in [0, 0.05) is 12.4 Å². The molecule has 1 aromatic heterocycles. The first-order valence-corrected chi connectivity index (χ1v) is 4.64. The first kappa shape index (κ1) is 9.43. The highest BCUT2D eigenvalue weighted by atomic mass is 35.5. The van der Waals surface area contributed by atoms with E-state index in [4.69, 9.17) is 11.6 Å². The van der Waals surface area contributed by atoms with Gasteiger partial charge >= 0.3 is 0 Å². The van der Waals surface area contributed by atoms with Crippen molar-refractivity contribution < 1.29 is 9.90 Å². The van der Waals surface area contributed by atoms with Gasteiger partial charge in [-0.05, 0) is 6.07 Å². The summed E-state index contributed by atoms with van der Waals surface area (Å²) >= 11 is 5.88. The molecule has 0 saturated carbocycles. The number of pyridine rings is 1. The molecule has 2 heterocycles. The number of β-amino-alcohol motifs (C(OH)–C–C–N with tert-alkyl or cyclic N) is 1. The lowest BCUT2D eigenvalue weighted by Crippen LogP contribution is -2.25. The minimum absolute atomic E-state index is 0.106. The second-order valence-electron chi connectivity index (χ2n) is 3.19. The summed E-state index contributed by atoms with van der Waals surface area (Å²) in [6.45, 7) is 0.308. The molecular weight excluding hydrogens is 204 g/mol. The number of hydrogen-bond acceptors (Lipinski definition) is 3. The number of carbonyl (C=O) groups excluding carboxylic acids is 1. The topological polar surface area (TPSA) is 53.4 Å². The van der Waals surface area contributed by atoms with E-state index in [0.717, 1.165) is 0 Å². The number of halogens is 1. The average molecular weight is 213 g/mol. The maximum absolute atomic E-state index is 11.4. The van der Waals surface area contributed by atoms with Crippen molar-refractivity contribution in [2.24, 2.45) is 0 Å². The van der Waals surface area contributed by atoms with Crippen molar-refractivity contribution in [3.05, 3.63) is 23.5 Å². The van der Waals surface area contributed by atoms with Gasteiger partial charge in [-0.25, -0.2) is 0 Å². The summed E-state index contributed by atoms with van der Waals surface area (Å²) in [5.41, 5.74) is 0.614. The molecule has 2 rings (SSSR count). The number of aliphatic hydroxyl groups is 1. The lowest BCUT2D eigenvalue weighted by atomic mass is 10.3. The minimum atomic E-state index is -0.591. The third-order valence-electron chi connectivity index (χ3n) is 2.15. The van der Waals surface area contributed by atoms with Crippen LogP contribution in [0, 0.1) is 0 Å². The van der Waals surface area contributed by atoms with Crippen molar-refractivity contribution in [1.82, 2.24) is 4.98 Å². The van der Waals surface area contributed by atoms with E-state index >= 15 is 0 Å². The Kier molecular flexibility index (Phi) is 2.39. The van der Waals surface area contributed by atoms with Gasteiger partial charge in [-0.2, -0.15) is 0 Å². The molecule has 5 heteroatoms. The zero-order chi connectivity index (χ0) is 10.1. The van der Waals surface area contributed by atoms with E-state index in [1.54, 1.807) is 12.3 Å². The van der Waals surface area contributed by atoms with Crippen LogP contribution in [0.3, 0.4) is 0 Å². The Balaban J connectivity index is 2.32. The van der Waals surface area contributed by atoms with E-state index in [0.29, 0.717) is 17.3 Å². The largest absolute Gasteiger partial charge is 0.391 e. The van der Waals surface area contributed by atoms with Crippen molar-refractivity contribution in [2.45, 2.75) is 12.5 Å². The molecule has 1 fully saturated rings. The molecule has 1 atom stereocenters. The van der Waals surface area contributed by atoms with Gasteiger partial charge in [-0.3, -0.25) is 9.78 Å². The number of hydrogen-bond donors (Lipinski definition) is 1. The fourth-order valence-corrected chi connectivity index (χ4v) is 1.73. The van der Waals surface area contributed by atoms with Crippen molar-refractivity contribution in [3.8, 4) is 0 Å². The molecule has 0 radical (unpaired) electrons. The summed E-state index contributed by atoms with van der Waals surface area (Å²) in [6.07, 6.45) is 2.62. The normalized spacial score (nSPS) is 21.7. The molecule has 1 amide bonds. The second-order valence-corrected chi connectivity index (χ2v) is 3.60. The van der Waals surface area contributed by atoms with E-state index < -0.39 is 6.10 Å². The van der Waals surface area contributed by atoms with E-state index in [-0.39, 0.29) is 12.3 Å². The molecule has 1 unspecified atom stereocenters. The Bertz CT molecular complexity index is 370. The first-order chi connectivity index (χ1) is 6.68. The fraction of sp³-hybridized carbons (Fsp3) is 0.333. The van der Waals surface area contributed by atoms with E-state index in [2.05, 4.69) is 4.98 Å². The quantitative estimate of drug-likeness (QED) is 0.751. The molecule has 0 aromatic carbocycles. The Hall–Kier alpha value is -1.13. The van der Waals surface area contributed by atoms with Crippen LogP contribution in [0.5, 0.6) is 0 Å². The summed E-state index contributed by atoms with van der Waals surface area (Å²) in [7, 11) is 0. The molecule has 1 N–H and O–H groups in total. The Morgan fingerprint density at radius 3 is 3.00 bits per heavy atom. The predicted molar refractivity (Wildman–Crippen MR) is 52.2 cm³/mol. The molecule has 74 valence electrons. The SMILES string of the molecule is O=C1CC(O)CN1c1ccncc1Cl. The third kappa shape index (κ3) is 1.58. The summed E-state index contributed by atoms with van der Waals surface area (Å²) in [4.78, 5) is 16.7. The first-order valence-electron chi connectivity index (χ1n) is 4.26. The Morgan fingerprint density at radius 2 is 2.43 bits per heavy atom. The van der Waals surface area contributed by atoms with Crippen LogP contribution in [0.2, 0.25) is 5.02 Å². The fourth-order valence-electron chi connectivity index (χ4n) is 1.51. The lowest BCUT2D eigenvalue weighted by Gasteiger charge is -2.16. The summed E-state index contributed by atoms with van der Waals surface area (Å²) in [5, 5.41) is 9.73. The van der Waals surface area contributed by atoms with Crippen LogP contribution in [-0.2, 0) is 4.79 Å². The highest BCUT2D eigenvalue weighted by Gasteiger charge is 2.30. The highest BCUT2D eigenvalue weighted by Crippen LogP contribution is 2.27. The van der Waals surface area contributed by atoms with Crippen LogP contribution in [0.25, 0.3) is 0 Å². The molecule has 4 nitrogen and oxygen atoms in total. The van der Waals surface area contributed by atoms with Gasteiger partial charge < -0.3 is 10.0 Å². The van der Waals surface area contributed by atoms with Gasteiger partial charge in [-0.15, -0.1) is 0 Å². The molecule has 0 aliphatic carbocycles. The van der Waals surface area contributed by atoms with Crippen LogP contribution < -0.4 is 4.90 Å². The molecule has 0 spiro atoms. The number of anilines is 1. The van der Waals surface area contributed by atoms with Crippen LogP contribution in [0.15, 0.2) is 18.5 Å². The van der Waals surface area contributed by atoms with Crippen molar-refractivity contribution >= 4 is 23.2 Å². The van der Waals surface area contributed by atoms with Crippen LogP contribution in [0.4, 0.5) is 5.69 Å². The standard InChI is InChI=1S/C9H9ClN2O2/c10-7-4-11-2-1-8(7)12-5-6(13)3-9(12)14/h1-2,4,6,13H,3,5H2. The molecule has 1 saturated heterocycles. The van der Waals surface area contributed by atoms with E-state index in [1.165, 1.54) is 11.1 Å². The molecule has 14 heavy (non-hydrogen) atoms. The molecule has 0 bridgehead atoms. The average Bonchev–Trinajstić information content (AvgIpc) is 2.46. The van der Waals surface area contributed by atoms with Gasteiger partial charge in [0.15, 0.2) is 0 Å². The summed E-state index contributed by atoms with van der Waals surface area (Å²) < 4.78 is 0. The zero-order valence-corrected chi connectivity index (χ0v) is 8.11. The lowest BCUT2D eigenvalue weighted by molar-refractivity contribution is -0.117. The Morgan fingerprint density at radius 1 is 1.64 bits per heavy atom. The van der Waals surface area contributed by atoms with E-state index in [1.807, 2.05) is 0 Å². The number of carbonyl (C=O) groups is 1. The maximum atomic E-state index is 11.4. The van der Waals surface area contributed by atoms with Crippen LogP contribution >= 0.6 is 11.6 Å². The number of nitrogens with zero attached hydrogens (tertiary/aromatic N) is 2. The van der Waals surface area contributed by atoms with Crippen molar-refractivity contribution in [1.29, 1.82) is 0 Å². The summed E-state index contributed by atoms with van der Waals surface area (Å²) in [6, 6.07) is 1.66. The maximum Gasteiger partial charge on any atom is 0.229 e. The second kappa shape index (κ2) is 3.55. The number of aliphatic hydroxyl groups excluding tert-OH is 1. The van der Waals surface area contributed by atoms with Gasteiger partial charge in [0.2, 0.25) is 5.91 Å². The number of rotatable bonds is 1. The summed E-state index contributed by atoms with van der Waals surface area (Å²) in [5.74, 6) is -0.106. The minimum Gasteiger partial charge on any atom is -0.391 e. The van der Waals surface area contributed by atoms with Gasteiger partial charge in [-0.1, -0.05) is 11.6 Å². The van der Waals surface area contributed by atoms with Gasteiger partial charge in [0.25, 0.3) is 0 Å². The molecule has 1 aromatic rings. The van der Waals surface area contributed by atoms with E-state index in [9.17, 15) is 9.90 Å². The smallest absolute Gasteiger partial charge is 0.229 e. The zero-order valence-electron chi connectivity index (χ0n) is 7.35. The van der Waals surface area contributed by atoms with Gasteiger partial charge in [0.1, 0.15) is 0 Å². The van der Waals surface area contributed by atoms with Crippen molar-refractivity contribution in [2.75, 3.05) is 11.4 Å². The van der Waals surface area contributed by atoms with Gasteiger partial charge in [0.05, 0.1) is 29.8 Å². The molecule has 1 aliphatic heterocycles. The molecule has 1 aliphatic rings. The van der Waals surface area contributed by atoms with Crippen molar-refractivity contribution in [3.63, 3.8) is 0 Å². The predicted octanol–water partition coefficient (Wildman–Crippen LogP) is 0.833. The highest BCUT2D eigenvalue weighted by molar-refractivity contribution is 6.33. The van der Waals surface area contributed by atoms with Crippen LogP contribution in [-0.4, -0.2) is 28.6 Å².